The first-order chi connectivity index (χ1) is 14.8. The molecule has 0 saturated carbocycles. The zero-order chi connectivity index (χ0) is 23.9. The average Bonchev–Trinajstić information content (AvgIpc) is 2.71. The third-order valence-electron chi connectivity index (χ3n) is 4.92. The molecule has 0 atom stereocenters. The Morgan fingerprint density at radius 3 is 2.06 bits per heavy atom. The number of anilines is 1. The molecule has 0 radical (unpaired) electrons. The highest BCUT2D eigenvalue weighted by Crippen LogP contribution is 2.53. The number of hydrogen-bond donors (Lipinski definition) is 1. The largest absolute Gasteiger partial charge is 0.460 e. The molecule has 10 heteroatoms. The number of aryl methyl sites for hydroxylation is 1. The standard InChI is InChI=1S/C22H17F7N2O/c1-13-6-5-9-15(10-13)17-11-16(20(23,24)21(25,26)22(27,28)29)18(30)19(32)31(17)12-14-7-3-2-4-8-14/h2-11H,12,30H2,1H3. The molecule has 2 aromatic carbocycles. The molecule has 0 amide bonds. The van der Waals surface area contributed by atoms with E-state index in [4.69, 9.17) is 5.73 Å². The quantitative estimate of drug-likeness (QED) is 0.496. The van der Waals surface area contributed by atoms with E-state index in [2.05, 4.69) is 0 Å². The van der Waals surface area contributed by atoms with Crippen molar-refractivity contribution in [2.24, 2.45) is 0 Å². The summed E-state index contributed by atoms with van der Waals surface area (Å²) in [6.07, 6.45) is -6.56. The van der Waals surface area contributed by atoms with Crippen LogP contribution >= 0.6 is 0 Å². The van der Waals surface area contributed by atoms with Crippen LogP contribution in [0.4, 0.5) is 36.4 Å². The van der Waals surface area contributed by atoms with E-state index in [0.717, 1.165) is 4.57 Å². The Hall–Kier alpha value is -3.30. The fraction of sp³-hybridized carbons (Fsp3) is 0.227. The molecule has 0 saturated heterocycles. The van der Waals surface area contributed by atoms with Gasteiger partial charge in [0.2, 0.25) is 0 Å². The van der Waals surface area contributed by atoms with Crippen molar-refractivity contribution in [1.82, 2.24) is 4.57 Å². The van der Waals surface area contributed by atoms with Crippen LogP contribution in [0.15, 0.2) is 65.5 Å². The minimum atomic E-state index is -6.56. The van der Waals surface area contributed by atoms with E-state index in [-0.39, 0.29) is 17.8 Å². The molecule has 32 heavy (non-hydrogen) atoms. The van der Waals surface area contributed by atoms with Gasteiger partial charge in [0.05, 0.1) is 17.8 Å². The first kappa shape index (κ1) is 23.4. The Bertz CT molecular complexity index is 1190. The van der Waals surface area contributed by atoms with Crippen LogP contribution in [0.25, 0.3) is 11.3 Å². The number of nitrogens with two attached hydrogens (primary N) is 1. The van der Waals surface area contributed by atoms with Crippen molar-refractivity contribution in [3.05, 3.63) is 87.7 Å². The summed E-state index contributed by atoms with van der Waals surface area (Å²) in [6.45, 7) is 1.49. The topological polar surface area (TPSA) is 48.0 Å². The second-order valence-electron chi connectivity index (χ2n) is 7.25. The van der Waals surface area contributed by atoms with Gasteiger partial charge in [-0.05, 0) is 30.2 Å². The molecular formula is C22H17F7N2O. The molecule has 3 rings (SSSR count). The number of nitrogen functional groups attached to an aromatic ring is 1. The van der Waals surface area contributed by atoms with E-state index >= 15 is 0 Å². The summed E-state index contributed by atoms with van der Waals surface area (Å²) < 4.78 is 95.6. The number of hydrogen-bond acceptors (Lipinski definition) is 2. The maximum Gasteiger partial charge on any atom is 0.460 e. The third kappa shape index (κ3) is 3.96. The molecule has 0 unspecified atom stereocenters. The van der Waals surface area contributed by atoms with E-state index in [9.17, 15) is 35.5 Å². The lowest BCUT2D eigenvalue weighted by atomic mass is 9.97. The van der Waals surface area contributed by atoms with Gasteiger partial charge in [0, 0.05) is 0 Å². The van der Waals surface area contributed by atoms with Crippen molar-refractivity contribution in [2.45, 2.75) is 31.5 Å². The zero-order valence-electron chi connectivity index (χ0n) is 16.6. The van der Waals surface area contributed by atoms with Gasteiger partial charge in [-0.2, -0.15) is 30.7 Å². The minimum absolute atomic E-state index is 0.172. The van der Waals surface area contributed by atoms with Gasteiger partial charge >= 0.3 is 18.0 Å². The Labute approximate surface area is 177 Å². The van der Waals surface area contributed by atoms with E-state index in [0.29, 0.717) is 17.2 Å². The number of alkyl halides is 7. The maximum atomic E-state index is 14.5. The van der Waals surface area contributed by atoms with Gasteiger partial charge in [0.1, 0.15) is 5.69 Å². The second kappa shape index (κ2) is 7.99. The Kier molecular flexibility index (Phi) is 5.84. The smallest absolute Gasteiger partial charge is 0.394 e. The Balaban J connectivity index is 2.32. The molecule has 1 aromatic heterocycles. The highest BCUT2D eigenvalue weighted by molar-refractivity contribution is 5.66. The fourth-order valence-corrected chi connectivity index (χ4v) is 3.24. The van der Waals surface area contributed by atoms with E-state index in [1.165, 1.54) is 18.2 Å². The third-order valence-corrected chi connectivity index (χ3v) is 4.92. The van der Waals surface area contributed by atoms with Gasteiger partial charge in [-0.25, -0.2) is 0 Å². The van der Waals surface area contributed by atoms with Crippen LogP contribution in [0.1, 0.15) is 16.7 Å². The fourth-order valence-electron chi connectivity index (χ4n) is 3.24. The Morgan fingerprint density at radius 1 is 0.875 bits per heavy atom. The molecule has 0 aliphatic carbocycles. The van der Waals surface area contributed by atoms with E-state index in [1.54, 1.807) is 43.3 Å². The first-order valence-corrected chi connectivity index (χ1v) is 9.24. The van der Waals surface area contributed by atoms with Crippen molar-refractivity contribution in [1.29, 1.82) is 0 Å². The maximum absolute atomic E-state index is 14.5. The van der Waals surface area contributed by atoms with Gasteiger partial charge < -0.3 is 10.3 Å². The van der Waals surface area contributed by atoms with Crippen LogP contribution in [-0.2, 0) is 12.5 Å². The van der Waals surface area contributed by atoms with Gasteiger partial charge in [-0.1, -0.05) is 54.1 Å². The molecule has 0 aliphatic heterocycles. The molecule has 170 valence electrons. The van der Waals surface area contributed by atoms with Crippen LogP contribution < -0.4 is 11.3 Å². The van der Waals surface area contributed by atoms with Gasteiger partial charge in [-0.15, -0.1) is 0 Å². The van der Waals surface area contributed by atoms with Crippen molar-refractivity contribution >= 4 is 5.69 Å². The lowest BCUT2D eigenvalue weighted by molar-refractivity contribution is -0.359. The molecule has 3 aromatic rings. The molecule has 0 fully saturated rings. The normalized spacial score (nSPS) is 12.8. The number of aromatic nitrogens is 1. The number of rotatable bonds is 5. The first-order valence-electron chi connectivity index (χ1n) is 9.24. The molecule has 0 bridgehead atoms. The van der Waals surface area contributed by atoms with E-state index in [1.807, 2.05) is 0 Å². The molecular weight excluding hydrogens is 441 g/mol. The van der Waals surface area contributed by atoms with Crippen LogP contribution in [0.2, 0.25) is 0 Å². The molecule has 3 nitrogen and oxygen atoms in total. The highest BCUT2D eigenvalue weighted by atomic mass is 19.4. The SMILES string of the molecule is Cc1cccc(-c2cc(C(F)(F)C(F)(F)C(F)(F)F)c(N)c(=O)n2Cc2ccccc2)c1. The van der Waals surface area contributed by atoms with E-state index < -0.39 is 34.8 Å². The monoisotopic (exact) mass is 458 g/mol. The minimum Gasteiger partial charge on any atom is -0.394 e. The molecule has 2 N–H and O–H groups in total. The van der Waals surface area contributed by atoms with Crippen LogP contribution in [-0.4, -0.2) is 16.7 Å². The summed E-state index contributed by atoms with van der Waals surface area (Å²) >= 11 is 0. The predicted molar refractivity (Wildman–Crippen MR) is 106 cm³/mol. The highest BCUT2D eigenvalue weighted by Gasteiger charge is 2.74. The van der Waals surface area contributed by atoms with Crippen LogP contribution in [0.5, 0.6) is 0 Å². The number of halogens is 7. The molecule has 1 heterocycles. The molecule has 0 spiro atoms. The van der Waals surface area contributed by atoms with Gasteiger partial charge in [-0.3, -0.25) is 4.79 Å². The van der Waals surface area contributed by atoms with Crippen molar-refractivity contribution in [3.63, 3.8) is 0 Å². The summed E-state index contributed by atoms with van der Waals surface area (Å²) in [7, 11) is 0. The van der Waals surface area contributed by atoms with Crippen LogP contribution in [0, 0.1) is 6.92 Å². The van der Waals surface area contributed by atoms with Crippen molar-refractivity contribution in [3.8, 4) is 11.3 Å². The summed E-state index contributed by atoms with van der Waals surface area (Å²) in [6, 6.07) is 14.8. The zero-order valence-corrected chi connectivity index (χ0v) is 16.6. The summed E-state index contributed by atoms with van der Waals surface area (Å²) in [5, 5.41) is 0. The van der Waals surface area contributed by atoms with Gasteiger partial charge in [0.15, 0.2) is 0 Å². The number of benzene rings is 2. The van der Waals surface area contributed by atoms with Crippen LogP contribution in [0.3, 0.4) is 0 Å². The summed E-state index contributed by atoms with van der Waals surface area (Å²) in [5.41, 5.74) is 1.96. The number of nitrogens with zero attached hydrogens (tertiary/aromatic N) is 1. The molecule has 0 aliphatic rings. The lowest BCUT2D eigenvalue weighted by Crippen LogP contribution is -2.50. The number of pyridine rings is 1. The van der Waals surface area contributed by atoms with Crippen molar-refractivity contribution in [2.75, 3.05) is 5.73 Å². The predicted octanol–water partition coefficient (Wildman–Crippen LogP) is 5.74. The summed E-state index contributed by atoms with van der Waals surface area (Å²) in [5.74, 6) is -12.2. The average molecular weight is 458 g/mol. The Morgan fingerprint density at radius 2 is 1.50 bits per heavy atom. The van der Waals surface area contributed by atoms with Gasteiger partial charge in [0.25, 0.3) is 5.56 Å². The second-order valence-corrected chi connectivity index (χ2v) is 7.25. The lowest BCUT2D eigenvalue weighted by Gasteiger charge is -2.30. The van der Waals surface area contributed by atoms with Crippen molar-refractivity contribution < 1.29 is 30.7 Å². The summed E-state index contributed by atoms with van der Waals surface area (Å²) in [4.78, 5) is 12.9.